The van der Waals surface area contributed by atoms with E-state index in [-0.39, 0.29) is 5.55 Å². The predicted molar refractivity (Wildman–Crippen MR) is 33.3 cm³/mol. The lowest BCUT2D eigenvalue weighted by Crippen LogP contribution is -2.00. The van der Waals surface area contributed by atoms with Gasteiger partial charge in [-0.25, -0.2) is 0 Å². The summed E-state index contributed by atoms with van der Waals surface area (Å²) in [7, 11) is 0. The highest BCUT2D eigenvalue weighted by Gasteiger charge is 1.87. The fourth-order valence-corrected chi connectivity index (χ4v) is 0.624. The van der Waals surface area contributed by atoms with Crippen molar-refractivity contribution in [2.75, 3.05) is 0 Å². The van der Waals surface area contributed by atoms with Gasteiger partial charge in [0, 0.05) is 0 Å². The second-order valence-corrected chi connectivity index (χ2v) is 1.89. The van der Waals surface area contributed by atoms with E-state index < -0.39 is 0 Å². The Morgan fingerprint density at radius 3 is 2.89 bits per heavy atom. The Morgan fingerprint density at radius 1 is 1.67 bits per heavy atom. The summed E-state index contributed by atoms with van der Waals surface area (Å²) < 4.78 is 4.71. The fraction of sp³-hybridized carbons (Fsp3) is 0. The van der Waals surface area contributed by atoms with Crippen LogP contribution in [0.15, 0.2) is 32.9 Å². The van der Waals surface area contributed by atoms with Crippen molar-refractivity contribution in [2.45, 2.75) is 4.90 Å². The predicted octanol–water partition coefficient (Wildman–Crippen LogP) is 0.858. The maximum absolute atomic E-state index is 8.20. The minimum Gasteiger partial charge on any atom is -0.444 e. The molecule has 1 aromatic heterocycles. The van der Waals surface area contributed by atoms with Crippen LogP contribution in [0.1, 0.15) is 0 Å². The van der Waals surface area contributed by atoms with E-state index in [0.29, 0.717) is 4.90 Å². The lowest BCUT2D eigenvalue weighted by molar-refractivity contribution is 0.267. The molecule has 0 fully saturated rings. The van der Waals surface area contributed by atoms with Crippen LogP contribution in [0.4, 0.5) is 0 Å². The lowest BCUT2D eigenvalue weighted by Gasteiger charge is -1.85. The molecule has 9 heavy (non-hydrogen) atoms. The number of thiol groups is 1. The SMILES string of the molecule is O/N=c1\occcc1S. The molecule has 1 heterocycles. The second kappa shape index (κ2) is 2.59. The van der Waals surface area contributed by atoms with Crippen molar-refractivity contribution in [3.8, 4) is 0 Å². The summed E-state index contributed by atoms with van der Waals surface area (Å²) in [6.07, 6.45) is 1.41. The number of hydrogen-bond donors (Lipinski definition) is 2. The van der Waals surface area contributed by atoms with Crippen molar-refractivity contribution in [1.29, 1.82) is 0 Å². The molecule has 0 aliphatic rings. The molecule has 0 atom stereocenters. The van der Waals surface area contributed by atoms with Crippen LogP contribution < -0.4 is 5.55 Å². The van der Waals surface area contributed by atoms with Crippen LogP contribution in [0.3, 0.4) is 0 Å². The summed E-state index contributed by atoms with van der Waals surface area (Å²) in [5.74, 6) is 0. The first-order valence-corrected chi connectivity index (χ1v) is 2.74. The first-order chi connectivity index (χ1) is 4.34. The van der Waals surface area contributed by atoms with Crippen molar-refractivity contribution in [3.63, 3.8) is 0 Å². The van der Waals surface area contributed by atoms with Gasteiger partial charge in [-0.2, -0.15) is 0 Å². The van der Waals surface area contributed by atoms with Gasteiger partial charge >= 0.3 is 0 Å². The third-order valence-electron chi connectivity index (χ3n) is 0.822. The van der Waals surface area contributed by atoms with Gasteiger partial charge < -0.3 is 9.62 Å². The fourth-order valence-electron chi connectivity index (χ4n) is 0.441. The quantitative estimate of drug-likeness (QED) is 0.321. The Kier molecular flexibility index (Phi) is 1.79. The normalized spacial score (nSPS) is 11.9. The summed E-state index contributed by atoms with van der Waals surface area (Å²) in [5.41, 5.74) is 0.126. The zero-order chi connectivity index (χ0) is 6.69. The summed E-state index contributed by atoms with van der Waals surface area (Å²) in [5, 5.41) is 11.0. The maximum Gasteiger partial charge on any atom is 0.268 e. The largest absolute Gasteiger partial charge is 0.444 e. The molecule has 0 aliphatic carbocycles. The van der Waals surface area contributed by atoms with Gasteiger partial charge in [0.25, 0.3) is 5.55 Å². The highest BCUT2D eigenvalue weighted by Crippen LogP contribution is 1.94. The molecule has 48 valence electrons. The van der Waals surface area contributed by atoms with Gasteiger partial charge in [0.2, 0.25) is 0 Å². The van der Waals surface area contributed by atoms with Gasteiger partial charge in [0.15, 0.2) is 0 Å². The molecule has 0 aromatic carbocycles. The summed E-state index contributed by atoms with van der Waals surface area (Å²) in [6, 6.07) is 3.33. The first kappa shape index (κ1) is 6.22. The molecule has 0 radical (unpaired) electrons. The molecule has 0 spiro atoms. The van der Waals surface area contributed by atoms with Crippen LogP contribution in [-0.4, -0.2) is 5.21 Å². The average molecular weight is 143 g/mol. The van der Waals surface area contributed by atoms with Gasteiger partial charge in [0.1, 0.15) is 0 Å². The Labute approximate surface area is 57.0 Å². The Hall–Kier alpha value is -0.900. The van der Waals surface area contributed by atoms with Gasteiger partial charge in [-0.1, -0.05) is 0 Å². The Bertz CT molecular complexity index is 255. The summed E-state index contributed by atoms with van der Waals surface area (Å²) in [4.78, 5) is 0.514. The number of nitrogens with zero attached hydrogens (tertiary/aromatic N) is 1. The highest BCUT2D eigenvalue weighted by atomic mass is 32.1. The third-order valence-corrected chi connectivity index (χ3v) is 1.16. The first-order valence-electron chi connectivity index (χ1n) is 2.29. The molecule has 3 nitrogen and oxygen atoms in total. The van der Waals surface area contributed by atoms with Gasteiger partial charge in [-0.3, -0.25) is 0 Å². The van der Waals surface area contributed by atoms with E-state index in [1.165, 1.54) is 6.26 Å². The Balaban J connectivity index is 3.33. The minimum atomic E-state index is 0.126. The molecular weight excluding hydrogens is 138 g/mol. The number of hydrogen-bond acceptors (Lipinski definition) is 4. The molecular formula is C5H5NO2S. The van der Waals surface area contributed by atoms with E-state index in [2.05, 4.69) is 17.8 Å². The summed E-state index contributed by atoms with van der Waals surface area (Å²) in [6.45, 7) is 0. The molecule has 0 aliphatic heterocycles. The zero-order valence-electron chi connectivity index (χ0n) is 4.48. The maximum atomic E-state index is 8.20. The van der Waals surface area contributed by atoms with Gasteiger partial charge in [0.05, 0.1) is 11.2 Å². The lowest BCUT2D eigenvalue weighted by atomic mass is 10.5. The van der Waals surface area contributed by atoms with E-state index in [1.807, 2.05) is 0 Å². The average Bonchev–Trinajstić information content (AvgIpc) is 1.89. The van der Waals surface area contributed by atoms with Crippen LogP contribution in [0.5, 0.6) is 0 Å². The monoisotopic (exact) mass is 143 g/mol. The minimum absolute atomic E-state index is 0.126. The van der Waals surface area contributed by atoms with Crippen molar-refractivity contribution in [2.24, 2.45) is 5.16 Å². The molecule has 1 N–H and O–H groups in total. The van der Waals surface area contributed by atoms with E-state index >= 15 is 0 Å². The third kappa shape index (κ3) is 1.26. The van der Waals surface area contributed by atoms with Gasteiger partial charge in [-0.05, 0) is 17.3 Å². The molecule has 4 heteroatoms. The van der Waals surface area contributed by atoms with Crippen LogP contribution in [0.25, 0.3) is 0 Å². The molecule has 0 unspecified atom stereocenters. The van der Waals surface area contributed by atoms with Crippen LogP contribution >= 0.6 is 12.6 Å². The molecule has 0 saturated heterocycles. The summed E-state index contributed by atoms with van der Waals surface area (Å²) >= 11 is 3.93. The van der Waals surface area contributed by atoms with Crippen molar-refractivity contribution in [3.05, 3.63) is 23.9 Å². The second-order valence-electron chi connectivity index (χ2n) is 1.40. The molecule has 1 aromatic rings. The smallest absolute Gasteiger partial charge is 0.268 e. The topological polar surface area (TPSA) is 45.7 Å². The van der Waals surface area contributed by atoms with Crippen molar-refractivity contribution >= 4 is 12.6 Å². The Morgan fingerprint density at radius 2 is 2.44 bits per heavy atom. The zero-order valence-corrected chi connectivity index (χ0v) is 5.38. The van der Waals surface area contributed by atoms with Crippen LogP contribution in [-0.2, 0) is 0 Å². The molecule has 0 amide bonds. The van der Waals surface area contributed by atoms with E-state index in [1.54, 1.807) is 12.1 Å². The molecule has 0 bridgehead atoms. The highest BCUT2D eigenvalue weighted by molar-refractivity contribution is 7.80. The van der Waals surface area contributed by atoms with Crippen LogP contribution in [0.2, 0.25) is 0 Å². The standard InChI is InChI=1S/C5H5NO2S/c7-6-5-4(9)2-1-3-8-5/h1-3,7,9H/b6-5-. The van der Waals surface area contributed by atoms with Crippen molar-refractivity contribution in [1.82, 2.24) is 0 Å². The van der Waals surface area contributed by atoms with E-state index in [4.69, 9.17) is 9.62 Å². The molecule has 1 rings (SSSR count). The number of rotatable bonds is 0. The van der Waals surface area contributed by atoms with Crippen LogP contribution in [0, 0.1) is 0 Å². The molecule has 0 saturated carbocycles. The van der Waals surface area contributed by atoms with E-state index in [0.717, 1.165) is 0 Å². The van der Waals surface area contributed by atoms with E-state index in [9.17, 15) is 0 Å². The van der Waals surface area contributed by atoms with Crippen molar-refractivity contribution < 1.29 is 9.62 Å². The van der Waals surface area contributed by atoms with Gasteiger partial charge in [-0.15, -0.1) is 12.6 Å².